The maximum atomic E-state index is 11.3. The van der Waals surface area contributed by atoms with Crippen LogP contribution in [0.4, 0.5) is 0 Å². The highest BCUT2D eigenvalue weighted by Crippen LogP contribution is 2.29. The van der Waals surface area contributed by atoms with E-state index in [-0.39, 0.29) is 12.5 Å². The van der Waals surface area contributed by atoms with Crippen molar-refractivity contribution in [1.82, 2.24) is 5.32 Å². The van der Waals surface area contributed by atoms with Crippen LogP contribution in [0, 0.1) is 11.8 Å². The number of hydrogen-bond donors (Lipinski definition) is 2. The molecule has 4 heteroatoms. The summed E-state index contributed by atoms with van der Waals surface area (Å²) in [7, 11) is 0. The maximum Gasteiger partial charge on any atom is 0.246 e. The predicted octanol–water partition coefficient (Wildman–Crippen LogP) is 1.07. The number of rotatable bonds is 7. The third-order valence-corrected chi connectivity index (χ3v) is 3.38. The van der Waals surface area contributed by atoms with Crippen molar-refractivity contribution >= 4 is 5.91 Å². The number of carbonyl (C=O) groups is 1. The van der Waals surface area contributed by atoms with Crippen LogP contribution in [0.15, 0.2) is 12.7 Å². The molecule has 1 fully saturated rings. The predicted molar refractivity (Wildman–Crippen MR) is 68.5 cm³/mol. The van der Waals surface area contributed by atoms with Crippen molar-refractivity contribution in [2.45, 2.75) is 25.7 Å². The summed E-state index contributed by atoms with van der Waals surface area (Å²) < 4.78 is 5.46. The van der Waals surface area contributed by atoms with Gasteiger partial charge < -0.3 is 15.8 Å². The number of nitrogens with two attached hydrogens (primary N) is 1. The first-order valence-electron chi connectivity index (χ1n) is 6.43. The molecule has 0 aromatic heterocycles. The highest BCUT2D eigenvalue weighted by Gasteiger charge is 2.24. The van der Waals surface area contributed by atoms with Gasteiger partial charge in [-0.2, -0.15) is 0 Å². The van der Waals surface area contributed by atoms with Gasteiger partial charge in [0, 0.05) is 6.54 Å². The second-order valence-corrected chi connectivity index (χ2v) is 4.65. The molecule has 0 aliphatic heterocycles. The zero-order valence-corrected chi connectivity index (χ0v) is 10.5. The fourth-order valence-corrected chi connectivity index (χ4v) is 2.35. The lowest BCUT2D eigenvalue weighted by molar-refractivity contribution is -0.126. The molecular weight excluding hydrogens is 216 g/mol. The van der Waals surface area contributed by atoms with Crippen LogP contribution in [0.25, 0.3) is 0 Å². The van der Waals surface area contributed by atoms with E-state index < -0.39 is 0 Å². The number of ether oxygens (including phenoxy) is 1. The molecule has 1 aliphatic rings. The summed E-state index contributed by atoms with van der Waals surface area (Å²) >= 11 is 0. The Morgan fingerprint density at radius 3 is 2.76 bits per heavy atom. The van der Waals surface area contributed by atoms with Crippen molar-refractivity contribution in [1.29, 1.82) is 0 Å². The van der Waals surface area contributed by atoms with Gasteiger partial charge in [-0.05, 0) is 31.2 Å². The molecule has 1 amide bonds. The number of amides is 1. The van der Waals surface area contributed by atoms with Gasteiger partial charge in [0.1, 0.15) is 6.61 Å². The van der Waals surface area contributed by atoms with Crippen molar-refractivity contribution in [3.8, 4) is 0 Å². The fourth-order valence-electron chi connectivity index (χ4n) is 2.35. The van der Waals surface area contributed by atoms with E-state index in [0.717, 1.165) is 6.54 Å². The van der Waals surface area contributed by atoms with E-state index in [2.05, 4.69) is 11.9 Å². The molecule has 0 bridgehead atoms. The molecule has 1 aliphatic carbocycles. The van der Waals surface area contributed by atoms with E-state index in [9.17, 15) is 4.79 Å². The molecule has 1 saturated carbocycles. The quantitative estimate of drug-likeness (QED) is 0.654. The van der Waals surface area contributed by atoms with Gasteiger partial charge in [0.05, 0.1) is 6.61 Å². The standard InChI is InChI=1S/C13H24N2O2/c1-2-7-15-13(16)10-17-9-12-6-4-3-5-11(12)8-14/h2,11-12H,1,3-10,14H2,(H,15,16). The molecule has 2 unspecified atom stereocenters. The van der Waals surface area contributed by atoms with Gasteiger partial charge in [-0.1, -0.05) is 18.9 Å². The minimum absolute atomic E-state index is 0.0787. The summed E-state index contributed by atoms with van der Waals surface area (Å²) in [6.07, 6.45) is 6.57. The average molecular weight is 240 g/mol. The molecule has 0 spiro atoms. The molecule has 0 radical (unpaired) electrons. The highest BCUT2D eigenvalue weighted by atomic mass is 16.5. The lowest BCUT2D eigenvalue weighted by Gasteiger charge is -2.30. The van der Waals surface area contributed by atoms with Crippen LogP contribution in [0.2, 0.25) is 0 Å². The Hall–Kier alpha value is -0.870. The van der Waals surface area contributed by atoms with Gasteiger partial charge in [-0.3, -0.25) is 4.79 Å². The molecule has 0 aromatic carbocycles. The van der Waals surface area contributed by atoms with Gasteiger partial charge in [-0.25, -0.2) is 0 Å². The van der Waals surface area contributed by atoms with Crippen molar-refractivity contribution in [3.05, 3.63) is 12.7 Å². The second-order valence-electron chi connectivity index (χ2n) is 4.65. The lowest BCUT2D eigenvalue weighted by Crippen LogP contribution is -2.32. The molecule has 0 saturated heterocycles. The zero-order valence-electron chi connectivity index (χ0n) is 10.5. The van der Waals surface area contributed by atoms with E-state index in [1.807, 2.05) is 0 Å². The van der Waals surface area contributed by atoms with Gasteiger partial charge in [0.2, 0.25) is 5.91 Å². The van der Waals surface area contributed by atoms with E-state index in [4.69, 9.17) is 10.5 Å². The van der Waals surface area contributed by atoms with Gasteiger partial charge in [0.15, 0.2) is 0 Å². The Labute approximate surface area is 104 Å². The number of carbonyl (C=O) groups excluding carboxylic acids is 1. The largest absolute Gasteiger partial charge is 0.371 e. The molecule has 0 aromatic rings. The van der Waals surface area contributed by atoms with Crippen LogP contribution in [-0.4, -0.2) is 32.2 Å². The van der Waals surface area contributed by atoms with Crippen molar-refractivity contribution < 1.29 is 9.53 Å². The Morgan fingerprint density at radius 1 is 1.41 bits per heavy atom. The molecule has 1 rings (SSSR count). The summed E-state index contributed by atoms with van der Waals surface area (Å²) in [6.45, 7) is 5.56. The number of nitrogens with one attached hydrogen (secondary N) is 1. The summed E-state index contributed by atoms with van der Waals surface area (Å²) in [6, 6.07) is 0. The first-order chi connectivity index (χ1) is 8.27. The summed E-state index contributed by atoms with van der Waals surface area (Å²) in [5.41, 5.74) is 5.74. The maximum absolute atomic E-state index is 11.3. The Balaban J connectivity index is 2.15. The molecule has 0 heterocycles. The van der Waals surface area contributed by atoms with Gasteiger partial charge >= 0.3 is 0 Å². The summed E-state index contributed by atoms with van der Waals surface area (Å²) in [5, 5.41) is 2.69. The van der Waals surface area contributed by atoms with Crippen LogP contribution in [0.5, 0.6) is 0 Å². The minimum atomic E-state index is -0.0787. The third-order valence-electron chi connectivity index (χ3n) is 3.38. The van der Waals surface area contributed by atoms with E-state index >= 15 is 0 Å². The van der Waals surface area contributed by atoms with E-state index in [1.54, 1.807) is 6.08 Å². The van der Waals surface area contributed by atoms with Crippen molar-refractivity contribution in [2.24, 2.45) is 17.6 Å². The highest BCUT2D eigenvalue weighted by molar-refractivity contribution is 5.77. The molecule has 17 heavy (non-hydrogen) atoms. The van der Waals surface area contributed by atoms with Crippen LogP contribution in [0.1, 0.15) is 25.7 Å². The van der Waals surface area contributed by atoms with E-state index in [0.29, 0.717) is 25.0 Å². The normalized spacial score (nSPS) is 24.3. The average Bonchev–Trinajstić information content (AvgIpc) is 2.37. The molecule has 4 nitrogen and oxygen atoms in total. The first-order valence-corrected chi connectivity index (χ1v) is 6.43. The van der Waals surface area contributed by atoms with Crippen LogP contribution in [0.3, 0.4) is 0 Å². The topological polar surface area (TPSA) is 64.3 Å². The Morgan fingerprint density at radius 2 is 2.12 bits per heavy atom. The van der Waals surface area contributed by atoms with Crippen molar-refractivity contribution in [3.63, 3.8) is 0 Å². The fraction of sp³-hybridized carbons (Fsp3) is 0.769. The smallest absolute Gasteiger partial charge is 0.246 e. The lowest BCUT2D eigenvalue weighted by atomic mass is 9.80. The molecule has 3 N–H and O–H groups in total. The van der Waals surface area contributed by atoms with Crippen LogP contribution in [-0.2, 0) is 9.53 Å². The van der Waals surface area contributed by atoms with E-state index in [1.165, 1.54) is 25.7 Å². The molecule has 98 valence electrons. The minimum Gasteiger partial charge on any atom is -0.371 e. The molecular formula is C13H24N2O2. The summed E-state index contributed by atoms with van der Waals surface area (Å²) in [5.74, 6) is 1.02. The first kappa shape index (κ1) is 14.2. The van der Waals surface area contributed by atoms with Crippen LogP contribution >= 0.6 is 0 Å². The van der Waals surface area contributed by atoms with Crippen molar-refractivity contribution in [2.75, 3.05) is 26.3 Å². The van der Waals surface area contributed by atoms with Gasteiger partial charge in [0.25, 0.3) is 0 Å². The molecule has 2 atom stereocenters. The van der Waals surface area contributed by atoms with Gasteiger partial charge in [-0.15, -0.1) is 6.58 Å². The number of hydrogen-bond acceptors (Lipinski definition) is 3. The Kier molecular flexibility index (Phi) is 6.89. The van der Waals surface area contributed by atoms with Crippen LogP contribution < -0.4 is 11.1 Å². The second kappa shape index (κ2) is 8.25. The third kappa shape index (κ3) is 5.33. The monoisotopic (exact) mass is 240 g/mol. The Bertz CT molecular complexity index is 244. The summed E-state index contributed by atoms with van der Waals surface area (Å²) in [4.78, 5) is 11.3. The SMILES string of the molecule is C=CCNC(=O)COCC1CCCCC1CN. The zero-order chi connectivity index (χ0) is 12.5.